The highest BCUT2D eigenvalue weighted by atomic mass is 32.1. The van der Waals surface area contributed by atoms with Crippen molar-refractivity contribution in [1.82, 2.24) is 0 Å². The number of benzene rings is 2. The zero-order chi connectivity index (χ0) is 16.1. The van der Waals surface area contributed by atoms with Crippen molar-refractivity contribution in [3.63, 3.8) is 0 Å². The monoisotopic (exact) mass is 325 g/mol. The normalized spacial score (nSPS) is 19.5. The SMILES string of the molecule is COc1cccc(-c2ccc(CO[C@H]3C[C@H](N=C=S)C3)cc2)c1. The molecule has 0 saturated heterocycles. The van der Waals surface area contributed by atoms with Crippen LogP contribution in [0, 0.1) is 0 Å². The first kappa shape index (κ1) is 15.9. The van der Waals surface area contributed by atoms with Crippen molar-refractivity contribution in [1.29, 1.82) is 0 Å². The average Bonchev–Trinajstić information content (AvgIpc) is 2.57. The topological polar surface area (TPSA) is 30.8 Å². The van der Waals surface area contributed by atoms with E-state index in [9.17, 15) is 0 Å². The number of hydrogen-bond donors (Lipinski definition) is 0. The van der Waals surface area contributed by atoms with Crippen LogP contribution in [-0.2, 0) is 11.3 Å². The highest BCUT2D eigenvalue weighted by molar-refractivity contribution is 7.78. The van der Waals surface area contributed by atoms with Gasteiger partial charge in [-0.3, -0.25) is 0 Å². The van der Waals surface area contributed by atoms with E-state index in [1.807, 2.05) is 18.2 Å². The molecule has 3 nitrogen and oxygen atoms in total. The van der Waals surface area contributed by atoms with Gasteiger partial charge in [-0.2, -0.15) is 0 Å². The molecule has 23 heavy (non-hydrogen) atoms. The molecule has 2 aromatic rings. The summed E-state index contributed by atoms with van der Waals surface area (Å²) in [6.07, 6.45) is 2.20. The zero-order valence-electron chi connectivity index (χ0n) is 13.1. The molecule has 0 atom stereocenters. The summed E-state index contributed by atoms with van der Waals surface area (Å²) in [6, 6.07) is 16.8. The molecule has 0 N–H and O–H groups in total. The van der Waals surface area contributed by atoms with E-state index >= 15 is 0 Å². The third-order valence-electron chi connectivity index (χ3n) is 4.15. The molecule has 1 aliphatic rings. The van der Waals surface area contributed by atoms with Gasteiger partial charge in [0.1, 0.15) is 5.75 Å². The van der Waals surface area contributed by atoms with Gasteiger partial charge in [0, 0.05) is 0 Å². The zero-order valence-corrected chi connectivity index (χ0v) is 13.9. The predicted octanol–water partition coefficient (Wildman–Crippen LogP) is 4.51. The van der Waals surface area contributed by atoms with Crippen LogP contribution in [0.1, 0.15) is 18.4 Å². The van der Waals surface area contributed by atoms with Gasteiger partial charge >= 0.3 is 0 Å². The molecule has 4 heteroatoms. The third kappa shape index (κ3) is 4.05. The molecule has 0 spiro atoms. The van der Waals surface area contributed by atoms with Gasteiger partial charge in [0.05, 0.1) is 31.0 Å². The lowest BCUT2D eigenvalue weighted by molar-refractivity contribution is -0.0182. The fourth-order valence-corrected chi connectivity index (χ4v) is 2.81. The first-order chi connectivity index (χ1) is 11.3. The summed E-state index contributed by atoms with van der Waals surface area (Å²) in [6.45, 7) is 0.636. The van der Waals surface area contributed by atoms with E-state index in [0.717, 1.165) is 24.2 Å². The van der Waals surface area contributed by atoms with Gasteiger partial charge in [0.2, 0.25) is 0 Å². The van der Waals surface area contributed by atoms with Gasteiger partial charge in [-0.25, -0.2) is 4.99 Å². The van der Waals surface area contributed by atoms with Gasteiger partial charge in [-0.15, -0.1) is 0 Å². The van der Waals surface area contributed by atoms with Crippen molar-refractivity contribution in [3.05, 3.63) is 54.1 Å². The second kappa shape index (κ2) is 7.51. The molecule has 1 aliphatic carbocycles. The standard InChI is InChI=1S/C19H19NO2S/c1-21-18-4-2-3-16(9-18)15-7-5-14(6-8-15)12-22-19-10-17(11-19)20-13-23/h2-9,17,19H,10-12H2,1H3/t17-,19-. The summed E-state index contributed by atoms with van der Waals surface area (Å²) in [4.78, 5) is 4.07. The molecule has 2 aromatic carbocycles. The van der Waals surface area contributed by atoms with Crippen LogP contribution in [0.3, 0.4) is 0 Å². The van der Waals surface area contributed by atoms with Crippen LogP contribution in [0.5, 0.6) is 5.75 Å². The fourth-order valence-electron chi connectivity index (χ4n) is 2.66. The van der Waals surface area contributed by atoms with Crippen molar-refractivity contribution in [2.75, 3.05) is 7.11 Å². The average molecular weight is 325 g/mol. The highest BCUT2D eigenvalue weighted by Gasteiger charge is 2.29. The Morgan fingerprint density at radius 3 is 2.61 bits per heavy atom. The summed E-state index contributed by atoms with van der Waals surface area (Å²) in [7, 11) is 1.68. The number of hydrogen-bond acceptors (Lipinski definition) is 4. The largest absolute Gasteiger partial charge is 0.497 e. The maximum absolute atomic E-state index is 5.88. The number of isothiocyanates is 1. The molecular formula is C19H19NO2S. The van der Waals surface area contributed by atoms with E-state index in [1.54, 1.807) is 7.11 Å². The minimum absolute atomic E-state index is 0.296. The summed E-state index contributed by atoms with van der Waals surface area (Å²) in [5, 5.41) is 2.44. The molecule has 0 radical (unpaired) electrons. The summed E-state index contributed by atoms with van der Waals surface area (Å²) in [5.74, 6) is 0.869. The van der Waals surface area contributed by atoms with Crippen LogP contribution in [0.25, 0.3) is 11.1 Å². The Kier molecular flexibility index (Phi) is 5.19. The summed E-state index contributed by atoms with van der Waals surface area (Å²) in [5.41, 5.74) is 3.50. The highest BCUT2D eigenvalue weighted by Crippen LogP contribution is 2.28. The maximum Gasteiger partial charge on any atom is 0.119 e. The second-order valence-electron chi connectivity index (χ2n) is 5.71. The second-order valence-corrected chi connectivity index (χ2v) is 5.89. The Hall–Kier alpha value is -2.00. The van der Waals surface area contributed by atoms with Crippen molar-refractivity contribution in [3.8, 4) is 16.9 Å². The molecule has 0 amide bonds. The van der Waals surface area contributed by atoms with E-state index < -0.39 is 0 Å². The minimum atomic E-state index is 0.296. The number of aliphatic imine (C=N–C) groups is 1. The first-order valence-electron chi connectivity index (χ1n) is 7.70. The lowest BCUT2D eigenvalue weighted by atomic mass is 9.90. The van der Waals surface area contributed by atoms with Gasteiger partial charge < -0.3 is 9.47 Å². The first-order valence-corrected chi connectivity index (χ1v) is 8.11. The number of rotatable bonds is 6. The van der Waals surface area contributed by atoms with Crippen LogP contribution < -0.4 is 4.74 Å². The number of methoxy groups -OCH3 is 1. The quantitative estimate of drug-likeness (QED) is 0.578. The molecule has 0 bridgehead atoms. The predicted molar refractivity (Wildman–Crippen MR) is 95.1 cm³/mol. The smallest absolute Gasteiger partial charge is 0.119 e. The van der Waals surface area contributed by atoms with Gasteiger partial charge in [-0.05, 0) is 53.9 Å². The fraction of sp³-hybridized carbons (Fsp3) is 0.316. The molecule has 0 aliphatic heterocycles. The van der Waals surface area contributed by atoms with Crippen molar-refractivity contribution >= 4 is 17.4 Å². The molecule has 0 heterocycles. The van der Waals surface area contributed by atoms with E-state index in [-0.39, 0.29) is 0 Å². The Labute approximate surface area is 142 Å². The number of nitrogens with zero attached hydrogens (tertiary/aromatic N) is 1. The van der Waals surface area contributed by atoms with Crippen LogP contribution >= 0.6 is 12.2 Å². The molecule has 1 fully saturated rings. The van der Waals surface area contributed by atoms with E-state index in [0.29, 0.717) is 18.8 Å². The van der Waals surface area contributed by atoms with Crippen LogP contribution in [-0.4, -0.2) is 24.4 Å². The summed E-state index contributed by atoms with van der Waals surface area (Å²) < 4.78 is 11.2. The van der Waals surface area contributed by atoms with Gasteiger partial charge in [0.15, 0.2) is 0 Å². The Balaban J connectivity index is 1.56. The third-order valence-corrected chi connectivity index (χ3v) is 4.25. The number of thiocarbonyl (C=S) groups is 1. The number of ether oxygens (including phenoxy) is 2. The molecule has 118 valence electrons. The lowest BCUT2D eigenvalue weighted by Crippen LogP contribution is -2.34. The van der Waals surface area contributed by atoms with E-state index in [4.69, 9.17) is 9.47 Å². The Bertz CT molecular complexity index is 702. The van der Waals surface area contributed by atoms with Gasteiger partial charge in [-0.1, -0.05) is 36.4 Å². The van der Waals surface area contributed by atoms with E-state index in [1.165, 1.54) is 11.1 Å². The van der Waals surface area contributed by atoms with Crippen LogP contribution in [0.4, 0.5) is 0 Å². The van der Waals surface area contributed by atoms with Crippen molar-refractivity contribution < 1.29 is 9.47 Å². The molecule has 1 saturated carbocycles. The molecule has 0 aromatic heterocycles. The van der Waals surface area contributed by atoms with Crippen molar-refractivity contribution in [2.45, 2.75) is 31.6 Å². The molecule has 0 unspecified atom stereocenters. The minimum Gasteiger partial charge on any atom is -0.497 e. The molecule has 3 rings (SSSR count). The van der Waals surface area contributed by atoms with Gasteiger partial charge in [0.25, 0.3) is 0 Å². The van der Waals surface area contributed by atoms with Crippen molar-refractivity contribution in [2.24, 2.45) is 4.99 Å². The summed E-state index contributed by atoms with van der Waals surface area (Å²) >= 11 is 4.61. The van der Waals surface area contributed by atoms with Crippen LogP contribution in [0.15, 0.2) is 53.5 Å². The van der Waals surface area contributed by atoms with Crippen LogP contribution in [0.2, 0.25) is 0 Å². The van der Waals surface area contributed by atoms with E-state index in [2.05, 4.69) is 52.7 Å². The Morgan fingerprint density at radius 2 is 1.91 bits per heavy atom. The lowest BCUT2D eigenvalue weighted by Gasteiger charge is -2.31. The maximum atomic E-state index is 5.88. The molecular weight excluding hydrogens is 306 g/mol. The Morgan fingerprint density at radius 1 is 1.13 bits per heavy atom.